The smallest absolute Gasteiger partial charge is 0.226 e. The van der Waals surface area contributed by atoms with Crippen molar-refractivity contribution in [2.24, 2.45) is 11.3 Å². The number of likely N-dealkylation sites (N-methyl/N-ethyl adjacent to an activating group) is 1. The highest BCUT2D eigenvalue weighted by molar-refractivity contribution is 5.80. The summed E-state index contributed by atoms with van der Waals surface area (Å²) in [7, 11) is 3.77. The molecule has 2 aliphatic carbocycles. The molecule has 5 rings (SSSR count). The number of aryl methyl sites for hydroxylation is 1. The molecule has 1 heterocycles. The zero-order valence-electron chi connectivity index (χ0n) is 27.4. The van der Waals surface area contributed by atoms with Gasteiger partial charge in [-0.2, -0.15) is 0 Å². The molecular formula is C37H58FN3O2. The van der Waals surface area contributed by atoms with E-state index in [-0.39, 0.29) is 33.6 Å². The van der Waals surface area contributed by atoms with Gasteiger partial charge in [-0.25, -0.2) is 4.39 Å². The molecule has 1 amide bonds. The fourth-order valence-corrected chi connectivity index (χ4v) is 7.21. The van der Waals surface area contributed by atoms with Gasteiger partial charge in [0.25, 0.3) is 0 Å². The molecule has 2 aromatic carbocycles. The van der Waals surface area contributed by atoms with Crippen LogP contribution in [0.2, 0.25) is 0 Å². The van der Waals surface area contributed by atoms with E-state index < -0.39 is 0 Å². The van der Waals surface area contributed by atoms with Gasteiger partial charge < -0.3 is 15.4 Å². The first kappa shape index (κ1) is 33.2. The van der Waals surface area contributed by atoms with Crippen LogP contribution in [-0.2, 0) is 22.4 Å². The Balaban J connectivity index is 0.00000173. The average Bonchev–Trinajstić information content (AvgIpc) is 3.22. The van der Waals surface area contributed by atoms with Crippen molar-refractivity contribution in [3.8, 4) is 11.1 Å². The Labute approximate surface area is 262 Å². The average molecular weight is 596 g/mol. The monoisotopic (exact) mass is 595 g/mol. The summed E-state index contributed by atoms with van der Waals surface area (Å²) in [5, 5.41) is 6.52. The van der Waals surface area contributed by atoms with Gasteiger partial charge in [0.1, 0.15) is 12.5 Å². The van der Waals surface area contributed by atoms with Crippen molar-refractivity contribution in [1.29, 1.82) is 0 Å². The van der Waals surface area contributed by atoms with E-state index in [1.165, 1.54) is 24.1 Å². The van der Waals surface area contributed by atoms with E-state index in [4.69, 9.17) is 4.74 Å². The van der Waals surface area contributed by atoms with Crippen LogP contribution >= 0.6 is 0 Å². The third-order valence-electron chi connectivity index (χ3n) is 9.61. The van der Waals surface area contributed by atoms with Crippen LogP contribution in [0.25, 0.3) is 11.1 Å². The van der Waals surface area contributed by atoms with Gasteiger partial charge in [0, 0.05) is 34.3 Å². The minimum absolute atomic E-state index is 0. The predicted molar refractivity (Wildman–Crippen MR) is 180 cm³/mol. The van der Waals surface area contributed by atoms with Crippen molar-refractivity contribution < 1.29 is 16.8 Å². The molecule has 2 N–H and O–H groups in total. The summed E-state index contributed by atoms with van der Waals surface area (Å²) in [4.78, 5) is 14.9. The molecule has 0 radical (unpaired) electrons. The molecule has 1 aliphatic heterocycles. The first-order valence-corrected chi connectivity index (χ1v) is 16.5. The largest absolute Gasteiger partial charge is 0.385 e. The number of nitrogens with one attached hydrogen (secondary N) is 2. The topological polar surface area (TPSA) is 53.6 Å². The molecule has 2 aromatic rings. The summed E-state index contributed by atoms with van der Waals surface area (Å²) in [5.41, 5.74) is 6.62. The maximum absolute atomic E-state index is 15.2. The molecule has 1 atom stereocenters. The van der Waals surface area contributed by atoms with Crippen LogP contribution in [0.4, 0.5) is 4.39 Å². The Morgan fingerprint density at radius 3 is 2.53 bits per heavy atom. The zero-order valence-corrected chi connectivity index (χ0v) is 27.4. The molecule has 240 valence electrons. The molecular weight excluding hydrogens is 537 g/mol. The Morgan fingerprint density at radius 1 is 1.16 bits per heavy atom. The molecule has 1 saturated heterocycles. The lowest BCUT2D eigenvalue weighted by Gasteiger charge is -2.39. The third kappa shape index (κ3) is 8.27. The Kier molecular flexibility index (Phi) is 11.5. The van der Waals surface area contributed by atoms with Gasteiger partial charge in [-0.15, -0.1) is 0 Å². The first-order valence-electron chi connectivity index (χ1n) is 16.5. The van der Waals surface area contributed by atoms with Crippen LogP contribution in [0.1, 0.15) is 98.1 Å². The number of ether oxygens (including phenoxy) is 1. The quantitative estimate of drug-likeness (QED) is 0.244. The highest BCUT2D eigenvalue weighted by Crippen LogP contribution is 2.44. The highest BCUT2D eigenvalue weighted by Gasteiger charge is 2.38. The van der Waals surface area contributed by atoms with Gasteiger partial charge in [-0.05, 0) is 103 Å². The van der Waals surface area contributed by atoms with Gasteiger partial charge in [0.2, 0.25) is 5.91 Å². The number of carbonyl (C=O) groups is 1. The lowest BCUT2D eigenvalue weighted by Crippen LogP contribution is -2.44. The molecule has 3 fully saturated rings. The summed E-state index contributed by atoms with van der Waals surface area (Å²) < 4.78 is 20.2. The van der Waals surface area contributed by atoms with Crippen molar-refractivity contribution in [3.05, 3.63) is 71.2 Å². The van der Waals surface area contributed by atoms with E-state index in [0.717, 1.165) is 67.3 Å². The lowest BCUT2D eigenvalue weighted by atomic mass is 9.74. The van der Waals surface area contributed by atoms with Crippen LogP contribution in [-0.4, -0.2) is 50.3 Å². The summed E-state index contributed by atoms with van der Waals surface area (Å²) in [5.74, 6) is 0.768. The number of methoxy groups -OCH3 is 1. The van der Waals surface area contributed by atoms with Gasteiger partial charge in [-0.1, -0.05) is 71.0 Å². The lowest BCUT2D eigenvalue weighted by molar-refractivity contribution is -0.121. The van der Waals surface area contributed by atoms with E-state index in [1.807, 2.05) is 19.9 Å². The van der Waals surface area contributed by atoms with Crippen molar-refractivity contribution in [2.45, 2.75) is 103 Å². The molecule has 0 spiro atoms. The van der Waals surface area contributed by atoms with Gasteiger partial charge in [0.05, 0.1) is 6.42 Å². The number of carbonyl (C=O) groups excluding carboxylic acids is 1. The van der Waals surface area contributed by atoms with E-state index >= 15 is 4.39 Å². The fraction of sp³-hybridized carbons (Fsp3) is 0.595. The third-order valence-corrected chi connectivity index (χ3v) is 9.61. The number of nitrogens with zero attached hydrogens (tertiary/aromatic N) is 1. The van der Waals surface area contributed by atoms with Crippen molar-refractivity contribution in [3.63, 3.8) is 0 Å². The number of benzene rings is 2. The minimum atomic E-state index is -0.106. The maximum atomic E-state index is 15.2. The second kappa shape index (κ2) is 14.9. The normalized spacial score (nSPS) is 23.0. The van der Waals surface area contributed by atoms with Crippen LogP contribution in [0, 0.1) is 17.2 Å². The molecule has 0 unspecified atom stereocenters. The van der Waals surface area contributed by atoms with Crippen LogP contribution in [0.3, 0.4) is 0 Å². The maximum Gasteiger partial charge on any atom is 0.226 e. The number of rotatable bonds is 12. The Hall–Kier alpha value is -2.70. The Bertz CT molecular complexity index is 1260. The summed E-state index contributed by atoms with van der Waals surface area (Å²) in [6.45, 7) is 14.4. The van der Waals surface area contributed by atoms with Crippen molar-refractivity contribution >= 4 is 5.91 Å². The van der Waals surface area contributed by atoms with E-state index in [2.05, 4.69) is 67.3 Å². The first-order chi connectivity index (χ1) is 20.6. The van der Waals surface area contributed by atoms with Crippen LogP contribution in [0.5, 0.6) is 0 Å². The molecule has 3 aliphatic rings. The van der Waals surface area contributed by atoms with Gasteiger partial charge in [0.15, 0.2) is 0 Å². The Morgan fingerprint density at radius 2 is 1.91 bits per heavy atom. The number of halogens is 1. The number of likely N-dealkylation sites (tertiary alicyclic amines) is 1. The number of amides is 1. The molecule has 5 nitrogen and oxygen atoms in total. The standard InChI is InChI=1S/C35H48FN3O2.C2H6.2H2/c1-23(32-20-35(2,3)21-39(32)4)38-28-16-24(17-28)12-14-26-15-13-25(19-33(40)37-22-41-5)18-30(26)29-10-7-11-31(36)34(29)27-8-6-9-27;1-2;;/h7,10-11,13,15,18,24,27-28,32,38H,1,6,8-9,12,14,16-17,19-22H2,2-5H3,(H,37,40);1-2H3;2*1H/t24?,28?,32-;;;/m0.../s1. The molecule has 43 heavy (non-hydrogen) atoms. The zero-order chi connectivity index (χ0) is 31.1. The van der Waals surface area contributed by atoms with Gasteiger partial charge >= 0.3 is 0 Å². The minimum Gasteiger partial charge on any atom is -0.385 e. The van der Waals surface area contributed by atoms with Crippen molar-refractivity contribution in [2.75, 3.05) is 27.4 Å². The molecule has 0 aromatic heterocycles. The second-order valence-electron chi connectivity index (χ2n) is 13.6. The highest BCUT2D eigenvalue weighted by atomic mass is 19.1. The fourth-order valence-electron chi connectivity index (χ4n) is 7.21. The van der Waals surface area contributed by atoms with E-state index in [1.54, 1.807) is 13.2 Å². The second-order valence-corrected chi connectivity index (χ2v) is 13.6. The number of hydrogen-bond donors (Lipinski definition) is 2. The summed E-state index contributed by atoms with van der Waals surface area (Å²) >= 11 is 0. The molecule has 0 bridgehead atoms. The van der Waals surface area contributed by atoms with Crippen molar-refractivity contribution in [1.82, 2.24) is 15.5 Å². The van der Waals surface area contributed by atoms with Gasteiger partial charge in [-0.3, -0.25) is 9.69 Å². The van der Waals surface area contributed by atoms with E-state index in [0.29, 0.717) is 23.4 Å². The molecule has 2 saturated carbocycles. The molecule has 6 heteroatoms. The van der Waals surface area contributed by atoms with E-state index in [9.17, 15) is 4.79 Å². The number of hydrogen-bond acceptors (Lipinski definition) is 4. The summed E-state index contributed by atoms with van der Waals surface area (Å²) in [6, 6.07) is 12.8. The van der Waals surface area contributed by atoms with Crippen LogP contribution in [0.15, 0.2) is 48.7 Å². The summed E-state index contributed by atoms with van der Waals surface area (Å²) in [6.07, 6.45) is 9.05. The SMILES string of the molecule is C=C(NC1CC(CCc2ccc(CC(=O)NCOC)cc2-c2cccc(F)c2C2CCC2)C1)[C@@H]1CC(C)(C)CN1C.CC.[HH].[HH]. The predicted octanol–water partition coefficient (Wildman–Crippen LogP) is 8.09. The van der Waals surface area contributed by atoms with Crippen LogP contribution < -0.4 is 10.6 Å².